The monoisotopic (exact) mass is 198 g/mol. The van der Waals surface area contributed by atoms with Crippen molar-refractivity contribution in [3.05, 3.63) is 0 Å². The number of fused-ring (bicyclic) bond motifs is 2. The Morgan fingerprint density at radius 1 is 1.36 bits per heavy atom. The lowest BCUT2D eigenvalue weighted by Crippen LogP contribution is -2.52. The molecule has 2 N–H and O–H groups in total. The van der Waals surface area contributed by atoms with Gasteiger partial charge in [-0.1, -0.05) is 0 Å². The van der Waals surface area contributed by atoms with Crippen molar-refractivity contribution < 1.29 is 9.47 Å². The van der Waals surface area contributed by atoms with Gasteiger partial charge in [0.05, 0.1) is 6.61 Å². The van der Waals surface area contributed by atoms with E-state index < -0.39 is 0 Å². The molecule has 0 spiro atoms. The van der Waals surface area contributed by atoms with Crippen molar-refractivity contribution in [3.8, 4) is 0 Å². The molecule has 0 amide bonds. The van der Waals surface area contributed by atoms with Crippen LogP contribution in [0.15, 0.2) is 0 Å². The van der Waals surface area contributed by atoms with E-state index in [0.29, 0.717) is 6.04 Å². The molecule has 3 aliphatic rings. The van der Waals surface area contributed by atoms with Gasteiger partial charge in [-0.05, 0) is 19.4 Å². The molecule has 0 aromatic carbocycles. The van der Waals surface area contributed by atoms with Crippen LogP contribution >= 0.6 is 0 Å². The molecule has 0 saturated carbocycles. The first kappa shape index (κ1) is 9.09. The van der Waals surface area contributed by atoms with Crippen molar-refractivity contribution in [1.29, 1.82) is 0 Å². The summed E-state index contributed by atoms with van der Waals surface area (Å²) in [4.78, 5) is 0. The number of morpholine rings is 1. The van der Waals surface area contributed by atoms with Gasteiger partial charge in [0.25, 0.3) is 0 Å². The van der Waals surface area contributed by atoms with Crippen LogP contribution in [0.3, 0.4) is 0 Å². The molecular formula is C10H18N2O2. The quantitative estimate of drug-likeness (QED) is 0.596. The Morgan fingerprint density at radius 3 is 3.07 bits per heavy atom. The average Bonchev–Trinajstić information content (AvgIpc) is 2.70. The minimum absolute atomic E-state index is 0.0258. The summed E-state index contributed by atoms with van der Waals surface area (Å²) in [6.45, 7) is 4.70. The summed E-state index contributed by atoms with van der Waals surface area (Å²) < 4.78 is 11.8. The van der Waals surface area contributed by atoms with Crippen molar-refractivity contribution in [3.63, 3.8) is 0 Å². The smallest absolute Gasteiger partial charge is 0.109 e. The Labute approximate surface area is 84.3 Å². The van der Waals surface area contributed by atoms with E-state index in [0.717, 1.165) is 45.7 Å². The Kier molecular flexibility index (Phi) is 2.24. The fourth-order valence-corrected chi connectivity index (χ4v) is 2.76. The first-order valence-corrected chi connectivity index (χ1v) is 5.59. The number of ether oxygens (including phenoxy) is 2. The highest BCUT2D eigenvalue weighted by atomic mass is 16.6. The lowest BCUT2D eigenvalue weighted by Gasteiger charge is -2.34. The standard InChI is InChI=1S/C10H18N2O2/c1-2-11-5-9(13-3-1)10-4-8(6-14-10)12-7-10/h8-9,11-12H,1-7H2. The first-order valence-electron chi connectivity index (χ1n) is 5.59. The van der Waals surface area contributed by atoms with Crippen LogP contribution in [0, 0.1) is 0 Å². The van der Waals surface area contributed by atoms with E-state index >= 15 is 0 Å². The van der Waals surface area contributed by atoms with Crippen molar-refractivity contribution in [2.45, 2.75) is 30.6 Å². The van der Waals surface area contributed by atoms with E-state index in [1.54, 1.807) is 0 Å². The molecule has 3 unspecified atom stereocenters. The average molecular weight is 198 g/mol. The second-order valence-corrected chi connectivity index (χ2v) is 4.57. The van der Waals surface area contributed by atoms with Gasteiger partial charge >= 0.3 is 0 Å². The summed E-state index contributed by atoms with van der Waals surface area (Å²) in [5.74, 6) is 0. The second-order valence-electron chi connectivity index (χ2n) is 4.57. The summed E-state index contributed by atoms with van der Waals surface area (Å²) in [6, 6.07) is 0.571. The zero-order valence-electron chi connectivity index (χ0n) is 8.42. The Morgan fingerprint density at radius 2 is 2.36 bits per heavy atom. The van der Waals surface area contributed by atoms with Crippen molar-refractivity contribution in [1.82, 2.24) is 10.6 Å². The highest BCUT2D eigenvalue weighted by molar-refractivity contribution is 5.06. The van der Waals surface area contributed by atoms with E-state index in [1.807, 2.05) is 0 Å². The van der Waals surface area contributed by atoms with Gasteiger partial charge in [-0.2, -0.15) is 0 Å². The molecule has 4 heteroatoms. The Balaban J connectivity index is 1.73. The molecule has 3 aliphatic heterocycles. The van der Waals surface area contributed by atoms with Crippen LogP contribution in [0.5, 0.6) is 0 Å². The normalized spacial score (nSPS) is 48.0. The highest BCUT2D eigenvalue weighted by Crippen LogP contribution is 2.35. The molecule has 3 atom stereocenters. The molecule has 3 fully saturated rings. The largest absolute Gasteiger partial charge is 0.374 e. The summed E-state index contributed by atoms with van der Waals surface area (Å²) in [5.41, 5.74) is -0.0258. The van der Waals surface area contributed by atoms with Crippen LogP contribution in [0.1, 0.15) is 12.8 Å². The zero-order valence-corrected chi connectivity index (χ0v) is 8.42. The lowest BCUT2D eigenvalue weighted by atomic mass is 9.95. The van der Waals surface area contributed by atoms with Crippen molar-refractivity contribution in [2.24, 2.45) is 0 Å². The molecule has 14 heavy (non-hydrogen) atoms. The Bertz CT molecular complexity index is 206. The minimum atomic E-state index is -0.0258. The van der Waals surface area contributed by atoms with Gasteiger partial charge in [-0.15, -0.1) is 0 Å². The van der Waals surface area contributed by atoms with Crippen LogP contribution in [0.2, 0.25) is 0 Å². The van der Waals surface area contributed by atoms with Gasteiger partial charge in [0.2, 0.25) is 0 Å². The maximum atomic E-state index is 5.91. The summed E-state index contributed by atoms with van der Waals surface area (Å²) >= 11 is 0. The first-order chi connectivity index (χ1) is 6.89. The second kappa shape index (κ2) is 3.45. The van der Waals surface area contributed by atoms with E-state index in [2.05, 4.69) is 10.6 Å². The van der Waals surface area contributed by atoms with Crippen molar-refractivity contribution >= 4 is 0 Å². The number of nitrogens with one attached hydrogen (secondary N) is 2. The molecule has 3 saturated heterocycles. The molecule has 0 aromatic heterocycles. The van der Waals surface area contributed by atoms with E-state index in [-0.39, 0.29) is 11.7 Å². The molecule has 3 rings (SSSR count). The van der Waals surface area contributed by atoms with E-state index in [4.69, 9.17) is 9.47 Å². The molecule has 0 radical (unpaired) electrons. The summed E-state index contributed by atoms with van der Waals surface area (Å²) in [7, 11) is 0. The predicted octanol–water partition coefficient (Wildman–Crippen LogP) is -0.504. The van der Waals surface area contributed by atoms with Crippen LogP contribution in [-0.2, 0) is 9.47 Å². The van der Waals surface area contributed by atoms with E-state index in [1.165, 1.54) is 0 Å². The van der Waals surface area contributed by atoms with Crippen LogP contribution in [0.25, 0.3) is 0 Å². The maximum absolute atomic E-state index is 5.91. The molecule has 0 aliphatic carbocycles. The van der Waals surface area contributed by atoms with Gasteiger partial charge in [0, 0.05) is 25.7 Å². The van der Waals surface area contributed by atoms with Crippen molar-refractivity contribution in [2.75, 3.05) is 32.8 Å². The third kappa shape index (κ3) is 1.37. The topological polar surface area (TPSA) is 42.5 Å². The fraction of sp³-hybridized carbons (Fsp3) is 1.00. The number of hydrogen-bond acceptors (Lipinski definition) is 4. The summed E-state index contributed by atoms with van der Waals surface area (Å²) in [6.07, 6.45) is 2.48. The third-order valence-electron chi connectivity index (χ3n) is 3.59. The number of rotatable bonds is 1. The molecule has 0 aromatic rings. The number of hydrogen-bond donors (Lipinski definition) is 2. The molecule has 3 heterocycles. The highest BCUT2D eigenvalue weighted by Gasteiger charge is 2.52. The summed E-state index contributed by atoms with van der Waals surface area (Å²) in [5, 5.41) is 6.90. The van der Waals surface area contributed by atoms with Crippen LogP contribution in [0.4, 0.5) is 0 Å². The maximum Gasteiger partial charge on any atom is 0.109 e. The molecule has 4 nitrogen and oxygen atoms in total. The Hall–Kier alpha value is -0.160. The van der Waals surface area contributed by atoms with Gasteiger partial charge < -0.3 is 20.1 Å². The van der Waals surface area contributed by atoms with Gasteiger partial charge in [-0.3, -0.25) is 0 Å². The van der Waals surface area contributed by atoms with Gasteiger partial charge in [-0.25, -0.2) is 0 Å². The SMILES string of the molecule is C1CNCC(C23CNC(CO2)C3)OC1. The van der Waals surface area contributed by atoms with E-state index in [9.17, 15) is 0 Å². The molecule has 80 valence electrons. The van der Waals surface area contributed by atoms with Crippen LogP contribution in [-0.4, -0.2) is 50.6 Å². The lowest BCUT2D eigenvalue weighted by molar-refractivity contribution is -0.114. The fourth-order valence-electron chi connectivity index (χ4n) is 2.76. The third-order valence-corrected chi connectivity index (χ3v) is 3.59. The predicted molar refractivity (Wildman–Crippen MR) is 52.3 cm³/mol. The zero-order chi connectivity index (χ0) is 9.43. The van der Waals surface area contributed by atoms with Crippen LogP contribution < -0.4 is 10.6 Å². The van der Waals surface area contributed by atoms with Gasteiger partial charge in [0.1, 0.15) is 11.7 Å². The van der Waals surface area contributed by atoms with Gasteiger partial charge in [0.15, 0.2) is 0 Å². The minimum Gasteiger partial charge on any atom is -0.374 e. The molecular weight excluding hydrogens is 180 g/mol. The molecule has 2 bridgehead atoms.